The normalized spacial score (nSPS) is 22.1. The summed E-state index contributed by atoms with van der Waals surface area (Å²) in [6.45, 7) is 4.27. The van der Waals surface area contributed by atoms with Crippen LogP contribution >= 0.6 is 0 Å². The number of ketones is 2. The molecule has 0 saturated heterocycles. The fourth-order valence-corrected chi connectivity index (χ4v) is 3.35. The van der Waals surface area contributed by atoms with Gasteiger partial charge in [-0.15, -0.1) is 0 Å². The summed E-state index contributed by atoms with van der Waals surface area (Å²) in [4.78, 5) is 26.1. The predicted molar refractivity (Wildman–Crippen MR) is 72.6 cm³/mol. The Morgan fingerprint density at radius 3 is 2.79 bits per heavy atom. The molecule has 2 aliphatic heterocycles. The van der Waals surface area contributed by atoms with Gasteiger partial charge in [-0.1, -0.05) is 24.3 Å². The second-order valence-electron chi connectivity index (χ2n) is 5.30. The third-order valence-electron chi connectivity index (χ3n) is 4.21. The van der Waals surface area contributed by atoms with Crippen LogP contribution in [0.1, 0.15) is 37.4 Å². The second kappa shape index (κ2) is 4.34. The van der Waals surface area contributed by atoms with Gasteiger partial charge in [0.2, 0.25) is 0 Å². The second-order valence-corrected chi connectivity index (χ2v) is 5.30. The molecule has 0 saturated carbocycles. The zero-order chi connectivity index (χ0) is 13.6. The van der Waals surface area contributed by atoms with Gasteiger partial charge in [0.05, 0.1) is 11.6 Å². The molecule has 1 atom stereocenters. The number of nitrogens with zero attached hydrogens (tertiary/aromatic N) is 1. The number of hydrogen-bond acceptors (Lipinski definition) is 3. The van der Waals surface area contributed by atoms with Gasteiger partial charge in [0.25, 0.3) is 0 Å². The smallest absolute Gasteiger partial charge is 0.170 e. The molecule has 3 heteroatoms. The first-order valence-electron chi connectivity index (χ1n) is 6.69. The molecule has 1 aromatic rings. The molecule has 0 N–H and O–H groups in total. The van der Waals surface area contributed by atoms with Crippen molar-refractivity contribution in [1.29, 1.82) is 0 Å². The number of carbonyl (C=O) groups excluding carboxylic acids is 2. The van der Waals surface area contributed by atoms with Crippen molar-refractivity contribution in [2.75, 3.05) is 6.54 Å². The van der Waals surface area contributed by atoms with Crippen molar-refractivity contribution in [1.82, 2.24) is 4.90 Å². The van der Waals surface area contributed by atoms with Crippen molar-refractivity contribution in [2.45, 2.75) is 32.7 Å². The van der Waals surface area contributed by atoms with Crippen LogP contribution in [0.5, 0.6) is 0 Å². The molecular weight excluding hydrogens is 238 g/mol. The van der Waals surface area contributed by atoms with E-state index < -0.39 is 0 Å². The molecule has 0 radical (unpaired) electrons. The Hall–Kier alpha value is -1.90. The van der Waals surface area contributed by atoms with E-state index in [-0.39, 0.29) is 17.6 Å². The zero-order valence-corrected chi connectivity index (χ0v) is 11.3. The third-order valence-corrected chi connectivity index (χ3v) is 4.21. The van der Waals surface area contributed by atoms with Crippen LogP contribution in [0.2, 0.25) is 0 Å². The molecule has 3 rings (SSSR count). The molecule has 2 heterocycles. The lowest BCUT2D eigenvalue weighted by Crippen LogP contribution is -2.41. The Balaban J connectivity index is 2.09. The maximum atomic E-state index is 12.2. The number of Topliss-reactive ketones (excluding diaryl/α,β-unsaturated/α-hetero) is 2. The summed E-state index contributed by atoms with van der Waals surface area (Å²) >= 11 is 0. The van der Waals surface area contributed by atoms with E-state index >= 15 is 0 Å². The van der Waals surface area contributed by atoms with Crippen molar-refractivity contribution < 1.29 is 9.59 Å². The zero-order valence-electron chi connectivity index (χ0n) is 11.3. The van der Waals surface area contributed by atoms with Gasteiger partial charge in [0, 0.05) is 18.7 Å². The van der Waals surface area contributed by atoms with E-state index in [2.05, 4.69) is 17.0 Å². The summed E-state index contributed by atoms with van der Waals surface area (Å²) in [6, 6.07) is 8.41. The Morgan fingerprint density at radius 1 is 1.32 bits per heavy atom. The SMILES string of the molecule is CC(=O)C1=C(C)N2CCc3ccccc3C2CC1=O. The van der Waals surface area contributed by atoms with E-state index in [1.165, 1.54) is 18.1 Å². The van der Waals surface area contributed by atoms with Crippen molar-refractivity contribution >= 4 is 11.6 Å². The Labute approximate surface area is 112 Å². The average Bonchev–Trinajstić information content (AvgIpc) is 2.38. The largest absolute Gasteiger partial charge is 0.367 e. The molecule has 1 aromatic carbocycles. The number of fused-ring (bicyclic) bond motifs is 3. The van der Waals surface area contributed by atoms with Crippen molar-refractivity contribution in [2.24, 2.45) is 0 Å². The highest BCUT2D eigenvalue weighted by molar-refractivity contribution is 6.20. The minimum Gasteiger partial charge on any atom is -0.367 e. The molecule has 19 heavy (non-hydrogen) atoms. The van der Waals surface area contributed by atoms with Crippen LogP contribution in [0.25, 0.3) is 0 Å². The van der Waals surface area contributed by atoms with E-state index in [1.807, 2.05) is 19.1 Å². The summed E-state index contributed by atoms with van der Waals surface area (Å²) in [5, 5.41) is 0. The molecule has 3 nitrogen and oxygen atoms in total. The summed E-state index contributed by atoms with van der Waals surface area (Å²) < 4.78 is 0. The van der Waals surface area contributed by atoms with E-state index in [4.69, 9.17) is 0 Å². The molecule has 0 bridgehead atoms. The number of carbonyl (C=O) groups is 2. The lowest BCUT2D eigenvalue weighted by atomic mass is 9.84. The van der Waals surface area contributed by atoms with E-state index in [9.17, 15) is 9.59 Å². The maximum absolute atomic E-state index is 12.2. The quantitative estimate of drug-likeness (QED) is 0.723. The van der Waals surface area contributed by atoms with E-state index in [1.54, 1.807) is 0 Å². The number of allylic oxidation sites excluding steroid dienone is 2. The molecule has 0 aliphatic carbocycles. The van der Waals surface area contributed by atoms with Crippen molar-refractivity contribution in [3.8, 4) is 0 Å². The Morgan fingerprint density at radius 2 is 2.05 bits per heavy atom. The maximum Gasteiger partial charge on any atom is 0.170 e. The molecule has 0 spiro atoms. The minimum absolute atomic E-state index is 0.0112. The van der Waals surface area contributed by atoms with E-state index in [0.717, 1.165) is 18.7 Å². The first kappa shape index (κ1) is 12.2. The van der Waals surface area contributed by atoms with Gasteiger partial charge in [-0.3, -0.25) is 9.59 Å². The molecule has 0 aromatic heterocycles. The van der Waals surface area contributed by atoms with Gasteiger partial charge in [0.1, 0.15) is 0 Å². The predicted octanol–water partition coefficient (Wildman–Crippen LogP) is 2.42. The molecule has 2 aliphatic rings. The Kier molecular flexibility index (Phi) is 2.77. The highest BCUT2D eigenvalue weighted by Crippen LogP contribution is 2.39. The molecule has 1 unspecified atom stereocenters. The first-order chi connectivity index (χ1) is 9.09. The minimum atomic E-state index is -0.111. The number of rotatable bonds is 1. The van der Waals surface area contributed by atoms with Crippen LogP contribution in [0.3, 0.4) is 0 Å². The molecule has 0 fully saturated rings. The molecule has 0 amide bonds. The van der Waals surface area contributed by atoms with Crippen LogP contribution in [-0.2, 0) is 16.0 Å². The van der Waals surface area contributed by atoms with Gasteiger partial charge >= 0.3 is 0 Å². The highest BCUT2D eigenvalue weighted by Gasteiger charge is 2.36. The highest BCUT2D eigenvalue weighted by atomic mass is 16.1. The summed E-state index contributed by atoms with van der Waals surface area (Å²) in [5.74, 6) is -0.122. The van der Waals surface area contributed by atoms with Crippen LogP contribution in [-0.4, -0.2) is 23.0 Å². The van der Waals surface area contributed by atoms with Gasteiger partial charge in [-0.25, -0.2) is 0 Å². The van der Waals surface area contributed by atoms with Crippen molar-refractivity contribution in [3.63, 3.8) is 0 Å². The van der Waals surface area contributed by atoms with Crippen LogP contribution in [0, 0.1) is 0 Å². The first-order valence-corrected chi connectivity index (χ1v) is 6.69. The average molecular weight is 255 g/mol. The summed E-state index contributed by atoms with van der Waals surface area (Å²) in [5.41, 5.74) is 3.82. The lowest BCUT2D eigenvalue weighted by molar-refractivity contribution is -0.122. The van der Waals surface area contributed by atoms with Gasteiger partial charge in [-0.2, -0.15) is 0 Å². The van der Waals surface area contributed by atoms with Gasteiger partial charge in [-0.05, 0) is 31.4 Å². The Bertz CT molecular complexity index is 601. The number of hydrogen-bond donors (Lipinski definition) is 0. The van der Waals surface area contributed by atoms with Crippen LogP contribution < -0.4 is 0 Å². The molecule has 98 valence electrons. The lowest BCUT2D eigenvalue weighted by Gasteiger charge is -2.42. The van der Waals surface area contributed by atoms with Gasteiger partial charge < -0.3 is 4.90 Å². The monoisotopic (exact) mass is 255 g/mol. The van der Waals surface area contributed by atoms with E-state index in [0.29, 0.717) is 12.0 Å². The standard InChI is InChI=1S/C16H17NO2/c1-10-16(11(2)18)15(19)9-14-13-6-4-3-5-12(13)7-8-17(10)14/h3-6,14H,7-9H2,1-2H3. The summed E-state index contributed by atoms with van der Waals surface area (Å²) in [6.07, 6.45) is 1.40. The van der Waals surface area contributed by atoms with Gasteiger partial charge in [0.15, 0.2) is 11.6 Å². The van der Waals surface area contributed by atoms with Crippen LogP contribution in [0.4, 0.5) is 0 Å². The summed E-state index contributed by atoms with van der Waals surface area (Å²) in [7, 11) is 0. The third kappa shape index (κ3) is 1.81. The topological polar surface area (TPSA) is 37.4 Å². The van der Waals surface area contributed by atoms with Crippen LogP contribution in [0.15, 0.2) is 35.5 Å². The fourth-order valence-electron chi connectivity index (χ4n) is 3.35. The van der Waals surface area contributed by atoms with Crippen molar-refractivity contribution in [3.05, 3.63) is 46.7 Å². The number of benzene rings is 1. The fraction of sp³-hybridized carbons (Fsp3) is 0.375. The molecular formula is C16H17NO2.